The molecule has 0 spiro atoms. The summed E-state index contributed by atoms with van der Waals surface area (Å²) in [6.45, 7) is 1.26. The van der Waals surface area contributed by atoms with Gasteiger partial charge in [-0.15, -0.1) is 0 Å². The summed E-state index contributed by atoms with van der Waals surface area (Å²) in [5, 5.41) is 11.1. The minimum Gasteiger partial charge on any atom is -0.467 e. The monoisotopic (exact) mass is 292 g/mol. The number of nitro groups is 1. The van der Waals surface area contributed by atoms with E-state index in [4.69, 9.17) is 9.47 Å². The minimum absolute atomic E-state index is 0.109. The molecular formula is C15H20N2O4. The molecule has 6 nitrogen and oxygen atoms in total. The van der Waals surface area contributed by atoms with Crippen LogP contribution in [0.2, 0.25) is 0 Å². The van der Waals surface area contributed by atoms with E-state index in [-0.39, 0.29) is 17.4 Å². The van der Waals surface area contributed by atoms with Gasteiger partial charge in [-0.1, -0.05) is 12.8 Å². The topological polar surface area (TPSA) is 64.8 Å². The number of rotatable bonds is 4. The standard InChI is InChI=1S/C15H20N2O4/c1-16(13-4-2-3-5-13)8-11-6-14(17(18)19)7-12-9-20-10-21-15(11)12/h6-7,13H,2-5,8-10H2,1H3. The van der Waals surface area contributed by atoms with E-state index < -0.39 is 0 Å². The van der Waals surface area contributed by atoms with Crippen LogP contribution in [0.1, 0.15) is 36.8 Å². The van der Waals surface area contributed by atoms with Crippen LogP contribution in [0, 0.1) is 10.1 Å². The molecule has 0 amide bonds. The number of non-ortho nitro benzene ring substituents is 1. The third-order valence-electron chi connectivity index (χ3n) is 4.35. The maximum absolute atomic E-state index is 11.1. The smallest absolute Gasteiger partial charge is 0.270 e. The first-order valence-electron chi connectivity index (χ1n) is 7.36. The molecule has 1 aliphatic heterocycles. The van der Waals surface area contributed by atoms with Crippen LogP contribution < -0.4 is 4.74 Å². The number of benzene rings is 1. The molecule has 0 N–H and O–H groups in total. The molecule has 2 aliphatic rings. The van der Waals surface area contributed by atoms with Gasteiger partial charge in [-0.25, -0.2) is 0 Å². The van der Waals surface area contributed by atoms with Crippen molar-refractivity contribution >= 4 is 5.69 Å². The zero-order valence-electron chi connectivity index (χ0n) is 12.2. The zero-order valence-corrected chi connectivity index (χ0v) is 12.2. The number of fused-ring (bicyclic) bond motifs is 1. The number of hydrogen-bond donors (Lipinski definition) is 0. The molecule has 0 aromatic heterocycles. The van der Waals surface area contributed by atoms with Crippen LogP contribution in [0.5, 0.6) is 5.75 Å². The highest BCUT2D eigenvalue weighted by Gasteiger charge is 2.24. The van der Waals surface area contributed by atoms with Gasteiger partial charge in [0.05, 0.1) is 11.5 Å². The molecule has 1 heterocycles. The lowest BCUT2D eigenvalue weighted by Gasteiger charge is -2.27. The van der Waals surface area contributed by atoms with E-state index in [1.165, 1.54) is 25.7 Å². The fourth-order valence-corrected chi connectivity index (χ4v) is 3.25. The van der Waals surface area contributed by atoms with Crippen molar-refractivity contribution in [1.82, 2.24) is 4.90 Å². The van der Waals surface area contributed by atoms with E-state index in [1.54, 1.807) is 12.1 Å². The van der Waals surface area contributed by atoms with Crippen molar-refractivity contribution in [1.29, 1.82) is 0 Å². The van der Waals surface area contributed by atoms with Crippen molar-refractivity contribution in [3.63, 3.8) is 0 Å². The van der Waals surface area contributed by atoms with Crippen LogP contribution in [0.3, 0.4) is 0 Å². The molecule has 1 saturated carbocycles. The van der Waals surface area contributed by atoms with Gasteiger partial charge in [0.1, 0.15) is 5.75 Å². The fourth-order valence-electron chi connectivity index (χ4n) is 3.25. The average molecular weight is 292 g/mol. The Bertz CT molecular complexity index is 541. The lowest BCUT2D eigenvalue weighted by Crippen LogP contribution is -2.29. The van der Waals surface area contributed by atoms with Gasteiger partial charge in [-0.05, 0) is 19.9 Å². The third-order valence-corrected chi connectivity index (χ3v) is 4.35. The fraction of sp³-hybridized carbons (Fsp3) is 0.600. The first-order chi connectivity index (χ1) is 10.1. The quantitative estimate of drug-likeness (QED) is 0.630. The van der Waals surface area contributed by atoms with E-state index in [9.17, 15) is 10.1 Å². The second-order valence-electron chi connectivity index (χ2n) is 5.81. The van der Waals surface area contributed by atoms with Gasteiger partial charge < -0.3 is 9.47 Å². The van der Waals surface area contributed by atoms with E-state index >= 15 is 0 Å². The second kappa shape index (κ2) is 5.99. The summed E-state index contributed by atoms with van der Waals surface area (Å²) in [4.78, 5) is 13.0. The molecule has 0 unspecified atom stereocenters. The Morgan fingerprint density at radius 1 is 1.38 bits per heavy atom. The summed E-state index contributed by atoms with van der Waals surface area (Å²) in [5.74, 6) is 0.761. The number of hydrogen-bond acceptors (Lipinski definition) is 5. The Labute approximate surface area is 123 Å². The van der Waals surface area contributed by atoms with Gasteiger partial charge in [0.2, 0.25) is 0 Å². The summed E-state index contributed by atoms with van der Waals surface area (Å²) < 4.78 is 10.8. The number of ether oxygens (including phenoxy) is 2. The molecule has 114 valence electrons. The highest BCUT2D eigenvalue weighted by atomic mass is 16.7. The molecule has 0 atom stereocenters. The Kier molecular flexibility index (Phi) is 4.07. The maximum atomic E-state index is 11.1. The molecule has 0 saturated heterocycles. The van der Waals surface area contributed by atoms with Crippen molar-refractivity contribution in [2.24, 2.45) is 0 Å². The average Bonchev–Trinajstić information content (AvgIpc) is 3.01. The van der Waals surface area contributed by atoms with Crippen molar-refractivity contribution < 1.29 is 14.4 Å². The second-order valence-corrected chi connectivity index (χ2v) is 5.81. The summed E-state index contributed by atoms with van der Waals surface area (Å²) in [6.07, 6.45) is 4.95. The van der Waals surface area contributed by atoms with Crippen LogP contribution in [0.15, 0.2) is 12.1 Å². The summed E-state index contributed by atoms with van der Waals surface area (Å²) in [6, 6.07) is 3.75. The Balaban J connectivity index is 1.88. The van der Waals surface area contributed by atoms with Crippen LogP contribution >= 0.6 is 0 Å². The first kappa shape index (κ1) is 14.3. The SMILES string of the molecule is CN(Cc1cc([N+](=O)[O-])cc2c1OCOC2)C1CCCC1. The van der Waals surface area contributed by atoms with Gasteiger partial charge in [-0.3, -0.25) is 15.0 Å². The first-order valence-corrected chi connectivity index (χ1v) is 7.36. The molecule has 1 aromatic carbocycles. The van der Waals surface area contributed by atoms with Crippen molar-refractivity contribution in [3.05, 3.63) is 33.4 Å². The lowest BCUT2D eigenvalue weighted by molar-refractivity contribution is -0.385. The molecule has 1 fully saturated rings. The molecule has 3 rings (SSSR count). The van der Waals surface area contributed by atoms with Crippen molar-refractivity contribution in [3.8, 4) is 5.75 Å². The van der Waals surface area contributed by atoms with Crippen LogP contribution in [-0.2, 0) is 17.9 Å². The van der Waals surface area contributed by atoms with E-state index in [2.05, 4.69) is 11.9 Å². The Morgan fingerprint density at radius 3 is 2.86 bits per heavy atom. The van der Waals surface area contributed by atoms with Gasteiger partial charge in [0.25, 0.3) is 5.69 Å². The van der Waals surface area contributed by atoms with E-state index in [1.807, 2.05) is 0 Å². The van der Waals surface area contributed by atoms with Crippen molar-refractivity contribution in [2.75, 3.05) is 13.8 Å². The van der Waals surface area contributed by atoms with E-state index in [0.717, 1.165) is 16.9 Å². The van der Waals surface area contributed by atoms with Crippen LogP contribution in [-0.4, -0.2) is 29.7 Å². The molecule has 0 bridgehead atoms. The molecule has 0 radical (unpaired) electrons. The zero-order chi connectivity index (χ0) is 14.8. The van der Waals surface area contributed by atoms with Gasteiger partial charge in [0, 0.05) is 35.8 Å². The maximum Gasteiger partial charge on any atom is 0.270 e. The number of nitro benzene ring substituents is 1. The molecule has 1 aliphatic carbocycles. The van der Waals surface area contributed by atoms with Crippen LogP contribution in [0.4, 0.5) is 5.69 Å². The molecule has 21 heavy (non-hydrogen) atoms. The third kappa shape index (κ3) is 3.01. The lowest BCUT2D eigenvalue weighted by atomic mass is 10.1. The normalized spacial score (nSPS) is 18.6. The van der Waals surface area contributed by atoms with E-state index in [0.29, 0.717) is 19.2 Å². The Morgan fingerprint density at radius 2 is 2.14 bits per heavy atom. The highest BCUT2D eigenvalue weighted by molar-refractivity contribution is 5.50. The van der Waals surface area contributed by atoms with Gasteiger partial charge in [0.15, 0.2) is 6.79 Å². The minimum atomic E-state index is -0.353. The molecule has 1 aromatic rings. The van der Waals surface area contributed by atoms with Gasteiger partial charge in [-0.2, -0.15) is 0 Å². The Hall–Kier alpha value is -1.66. The molecular weight excluding hydrogens is 272 g/mol. The van der Waals surface area contributed by atoms with Crippen LogP contribution in [0.25, 0.3) is 0 Å². The predicted molar refractivity (Wildman–Crippen MR) is 77.1 cm³/mol. The summed E-state index contributed by atoms with van der Waals surface area (Å²) in [5.41, 5.74) is 1.76. The van der Waals surface area contributed by atoms with Crippen molar-refractivity contribution in [2.45, 2.75) is 44.9 Å². The molecule has 6 heteroatoms. The summed E-state index contributed by atoms with van der Waals surface area (Å²) >= 11 is 0. The predicted octanol–water partition coefficient (Wildman–Crippen LogP) is 2.84. The summed E-state index contributed by atoms with van der Waals surface area (Å²) in [7, 11) is 2.08. The largest absolute Gasteiger partial charge is 0.467 e. The highest BCUT2D eigenvalue weighted by Crippen LogP contribution is 2.34. The van der Waals surface area contributed by atoms with Gasteiger partial charge >= 0.3 is 0 Å². The number of nitrogens with zero attached hydrogens (tertiary/aromatic N) is 2.